The molecule has 1 saturated heterocycles. The van der Waals surface area contributed by atoms with E-state index in [1.807, 2.05) is 22.4 Å². The van der Waals surface area contributed by atoms with Crippen molar-refractivity contribution >= 4 is 34.7 Å². The summed E-state index contributed by atoms with van der Waals surface area (Å²) in [6, 6.07) is 10.9. The van der Waals surface area contributed by atoms with Gasteiger partial charge in [-0.25, -0.2) is 0 Å². The van der Waals surface area contributed by atoms with Gasteiger partial charge in [0.2, 0.25) is 11.8 Å². The lowest BCUT2D eigenvalue weighted by molar-refractivity contribution is -0.131. The van der Waals surface area contributed by atoms with Crippen molar-refractivity contribution in [1.82, 2.24) is 10.2 Å². The third-order valence-corrected chi connectivity index (χ3v) is 5.41. The highest BCUT2D eigenvalue weighted by Crippen LogP contribution is 2.16. The third-order valence-electron chi connectivity index (χ3n) is 4.53. The second-order valence-corrected chi connectivity index (χ2v) is 7.68. The van der Waals surface area contributed by atoms with Gasteiger partial charge in [0.1, 0.15) is 0 Å². The lowest BCUT2D eigenvalue weighted by Gasteiger charge is -2.32. The molecule has 2 heterocycles. The standard InChI is InChI=1S/C20H23N3O3S/c1-14(24)21-17-5-2-4-15(12-17)20(26)22-16-7-9-23(10-8-16)19(25)13-18-6-3-11-27-18/h2-6,11-12,16H,7-10,13H2,1H3,(H,21,24)(H,22,26). The van der Waals surface area contributed by atoms with Crippen LogP contribution in [0.25, 0.3) is 0 Å². The van der Waals surface area contributed by atoms with Crippen molar-refractivity contribution in [3.63, 3.8) is 0 Å². The quantitative estimate of drug-likeness (QED) is 0.831. The highest BCUT2D eigenvalue weighted by molar-refractivity contribution is 7.10. The molecule has 7 heteroatoms. The van der Waals surface area contributed by atoms with Crippen molar-refractivity contribution < 1.29 is 14.4 Å². The minimum absolute atomic E-state index is 0.0488. The largest absolute Gasteiger partial charge is 0.349 e. The molecule has 3 amide bonds. The number of nitrogens with one attached hydrogen (secondary N) is 2. The molecule has 0 radical (unpaired) electrons. The number of anilines is 1. The molecular formula is C20H23N3O3S. The van der Waals surface area contributed by atoms with Crippen LogP contribution in [0, 0.1) is 0 Å². The lowest BCUT2D eigenvalue weighted by Crippen LogP contribution is -2.46. The number of rotatable bonds is 5. The zero-order chi connectivity index (χ0) is 19.2. The molecule has 27 heavy (non-hydrogen) atoms. The van der Waals surface area contributed by atoms with Gasteiger partial charge in [0, 0.05) is 42.2 Å². The number of benzene rings is 1. The number of hydrogen-bond donors (Lipinski definition) is 2. The molecule has 0 spiro atoms. The van der Waals surface area contributed by atoms with Crippen LogP contribution in [0.3, 0.4) is 0 Å². The monoisotopic (exact) mass is 385 g/mol. The molecule has 0 saturated carbocycles. The van der Waals surface area contributed by atoms with E-state index in [2.05, 4.69) is 10.6 Å². The molecule has 1 fully saturated rings. The molecule has 0 aliphatic carbocycles. The summed E-state index contributed by atoms with van der Waals surface area (Å²) in [5.74, 6) is -0.192. The van der Waals surface area contributed by atoms with Gasteiger partial charge in [0.15, 0.2) is 0 Å². The van der Waals surface area contributed by atoms with Crippen molar-refractivity contribution in [2.75, 3.05) is 18.4 Å². The maximum Gasteiger partial charge on any atom is 0.251 e. The molecule has 2 N–H and O–H groups in total. The summed E-state index contributed by atoms with van der Waals surface area (Å²) < 4.78 is 0. The Kier molecular flexibility index (Phi) is 6.24. The van der Waals surface area contributed by atoms with Gasteiger partial charge in [-0.15, -0.1) is 11.3 Å². The first kappa shape index (κ1) is 19.1. The van der Waals surface area contributed by atoms with Crippen molar-refractivity contribution in [1.29, 1.82) is 0 Å². The molecule has 6 nitrogen and oxygen atoms in total. The number of hydrogen-bond acceptors (Lipinski definition) is 4. The molecule has 1 aliphatic rings. The van der Waals surface area contributed by atoms with E-state index < -0.39 is 0 Å². The fraction of sp³-hybridized carbons (Fsp3) is 0.350. The molecule has 1 aromatic heterocycles. The Labute approximate surface area is 162 Å². The van der Waals surface area contributed by atoms with Crippen LogP contribution in [-0.2, 0) is 16.0 Å². The third kappa shape index (κ3) is 5.40. The fourth-order valence-corrected chi connectivity index (χ4v) is 3.85. The Morgan fingerprint density at radius 3 is 2.59 bits per heavy atom. The van der Waals surface area contributed by atoms with E-state index in [1.54, 1.807) is 35.6 Å². The molecule has 1 aromatic carbocycles. The first-order chi connectivity index (χ1) is 13.0. The van der Waals surface area contributed by atoms with E-state index >= 15 is 0 Å². The van der Waals surface area contributed by atoms with E-state index in [9.17, 15) is 14.4 Å². The number of piperidine rings is 1. The summed E-state index contributed by atoms with van der Waals surface area (Å²) in [4.78, 5) is 38.9. The number of thiophene rings is 1. The summed E-state index contributed by atoms with van der Waals surface area (Å²) in [6.07, 6.45) is 1.94. The molecule has 3 rings (SSSR count). The predicted octanol–water partition coefficient (Wildman–Crippen LogP) is 2.67. The predicted molar refractivity (Wildman–Crippen MR) is 106 cm³/mol. The van der Waals surface area contributed by atoms with Gasteiger partial charge < -0.3 is 15.5 Å². The Hall–Kier alpha value is -2.67. The van der Waals surface area contributed by atoms with Gasteiger partial charge in [0.25, 0.3) is 5.91 Å². The topological polar surface area (TPSA) is 78.5 Å². The van der Waals surface area contributed by atoms with Gasteiger partial charge in [-0.2, -0.15) is 0 Å². The van der Waals surface area contributed by atoms with Crippen molar-refractivity contribution in [2.45, 2.75) is 32.2 Å². The number of carbonyl (C=O) groups is 3. The lowest BCUT2D eigenvalue weighted by atomic mass is 10.0. The Balaban J connectivity index is 1.49. The number of carbonyl (C=O) groups excluding carboxylic acids is 3. The van der Waals surface area contributed by atoms with E-state index in [0.717, 1.165) is 17.7 Å². The average Bonchev–Trinajstić information content (AvgIpc) is 3.15. The van der Waals surface area contributed by atoms with Gasteiger partial charge in [0.05, 0.1) is 6.42 Å². The van der Waals surface area contributed by atoms with Gasteiger partial charge >= 0.3 is 0 Å². The highest BCUT2D eigenvalue weighted by atomic mass is 32.1. The van der Waals surface area contributed by atoms with Gasteiger partial charge in [-0.05, 0) is 42.5 Å². The average molecular weight is 385 g/mol. The molecule has 142 valence electrons. The zero-order valence-corrected chi connectivity index (χ0v) is 16.1. The van der Waals surface area contributed by atoms with E-state index in [0.29, 0.717) is 30.8 Å². The summed E-state index contributed by atoms with van der Waals surface area (Å²) >= 11 is 1.60. The highest BCUT2D eigenvalue weighted by Gasteiger charge is 2.24. The summed E-state index contributed by atoms with van der Waals surface area (Å²) in [5.41, 5.74) is 1.11. The maximum atomic E-state index is 12.5. The van der Waals surface area contributed by atoms with Crippen LogP contribution in [0.5, 0.6) is 0 Å². The van der Waals surface area contributed by atoms with Crippen LogP contribution in [0.15, 0.2) is 41.8 Å². The van der Waals surface area contributed by atoms with E-state index in [1.165, 1.54) is 6.92 Å². The fourth-order valence-electron chi connectivity index (χ4n) is 3.16. The van der Waals surface area contributed by atoms with Crippen LogP contribution >= 0.6 is 11.3 Å². The Bertz CT molecular complexity index is 812. The van der Waals surface area contributed by atoms with Crippen molar-refractivity contribution in [2.24, 2.45) is 0 Å². The first-order valence-corrected chi connectivity index (χ1v) is 9.88. The second-order valence-electron chi connectivity index (χ2n) is 6.65. The minimum Gasteiger partial charge on any atom is -0.349 e. The molecular weight excluding hydrogens is 362 g/mol. The van der Waals surface area contributed by atoms with Crippen LogP contribution in [-0.4, -0.2) is 41.8 Å². The van der Waals surface area contributed by atoms with Crippen LogP contribution in [0.2, 0.25) is 0 Å². The molecule has 1 aliphatic heterocycles. The summed E-state index contributed by atoms with van der Waals surface area (Å²) in [7, 11) is 0. The molecule has 0 atom stereocenters. The van der Waals surface area contributed by atoms with Gasteiger partial charge in [-0.3, -0.25) is 14.4 Å². The summed E-state index contributed by atoms with van der Waals surface area (Å²) in [6.45, 7) is 2.74. The maximum absolute atomic E-state index is 12.5. The van der Waals surface area contributed by atoms with Crippen LogP contribution in [0.4, 0.5) is 5.69 Å². The number of amides is 3. The normalized spacial score (nSPS) is 14.6. The smallest absolute Gasteiger partial charge is 0.251 e. The first-order valence-electron chi connectivity index (χ1n) is 9.00. The summed E-state index contributed by atoms with van der Waals surface area (Å²) in [5, 5.41) is 7.69. The Morgan fingerprint density at radius 2 is 1.93 bits per heavy atom. The van der Waals surface area contributed by atoms with Crippen LogP contribution in [0.1, 0.15) is 35.0 Å². The molecule has 0 bridgehead atoms. The number of likely N-dealkylation sites (tertiary alicyclic amines) is 1. The number of nitrogens with zero attached hydrogens (tertiary/aromatic N) is 1. The van der Waals surface area contributed by atoms with Crippen molar-refractivity contribution in [3.05, 3.63) is 52.2 Å². The van der Waals surface area contributed by atoms with E-state index in [-0.39, 0.29) is 23.8 Å². The SMILES string of the molecule is CC(=O)Nc1cccc(C(=O)NC2CCN(C(=O)Cc3cccs3)CC2)c1. The van der Waals surface area contributed by atoms with Crippen LogP contribution < -0.4 is 10.6 Å². The molecule has 0 unspecified atom stereocenters. The molecule has 2 aromatic rings. The zero-order valence-electron chi connectivity index (χ0n) is 15.2. The van der Waals surface area contributed by atoms with E-state index in [4.69, 9.17) is 0 Å². The van der Waals surface area contributed by atoms with Crippen molar-refractivity contribution in [3.8, 4) is 0 Å². The Morgan fingerprint density at radius 1 is 1.15 bits per heavy atom. The minimum atomic E-state index is -0.174. The van der Waals surface area contributed by atoms with Gasteiger partial charge in [-0.1, -0.05) is 12.1 Å². The second kappa shape index (κ2) is 8.81.